The number of alkyl halides is 21. The summed E-state index contributed by atoms with van der Waals surface area (Å²) in [6.07, 6.45) is -34.8. The van der Waals surface area contributed by atoms with Crippen LogP contribution in [0.5, 0.6) is 0 Å². The van der Waals surface area contributed by atoms with E-state index in [1.165, 1.54) is 66.1 Å². The lowest BCUT2D eigenvalue weighted by molar-refractivity contribution is -0.221. The molecule has 7 aromatic heterocycles. The van der Waals surface area contributed by atoms with Crippen LogP contribution in [-0.4, -0.2) is 103 Å². The lowest BCUT2D eigenvalue weighted by atomic mass is 10.0. The number of hydrazine groups is 2. The molecular weight excluding hydrogens is 1810 g/mol. The smallest absolute Gasteiger partial charge is 0.412 e. The lowest BCUT2D eigenvalue weighted by Gasteiger charge is -2.11. The Morgan fingerprint density at radius 3 is 1.04 bits per heavy atom. The number of esters is 2. The molecule has 3 amide bonds. The van der Waals surface area contributed by atoms with Gasteiger partial charge >= 0.3 is 67.0 Å². The zero-order valence-electron chi connectivity index (χ0n) is 58.3. The molecule has 0 fully saturated rings. The minimum Gasteiger partial charge on any atom is -0.412 e. The Labute approximate surface area is 674 Å². The van der Waals surface area contributed by atoms with Crippen LogP contribution in [0.1, 0.15) is 43.7 Å². The van der Waals surface area contributed by atoms with Gasteiger partial charge in [0.05, 0.1) is 65.5 Å². The van der Waals surface area contributed by atoms with Crippen molar-refractivity contribution < 1.29 is 165 Å². The Balaban J connectivity index is 0.000000180. The van der Waals surface area contributed by atoms with Crippen LogP contribution in [0.3, 0.4) is 0 Å². The zero-order valence-corrected chi connectivity index (χ0v) is 60.5. The van der Waals surface area contributed by atoms with Crippen molar-refractivity contribution in [3.05, 3.63) is 230 Å². The average molecular weight is 1840 g/mol. The molecule has 0 atom stereocenters. The number of hydrogen-bond acceptors (Lipinski definition) is 19. The fraction of sp³-hybridized carbons (Fsp3) is 0.103. The lowest BCUT2D eigenvalue weighted by Crippen LogP contribution is -2.47. The van der Waals surface area contributed by atoms with E-state index in [1.807, 2.05) is 0 Å². The number of nitrogens with two attached hydrogens (primary N) is 1. The van der Waals surface area contributed by atoms with Gasteiger partial charge in [-0.2, -0.15) is 107 Å². The van der Waals surface area contributed by atoms with Gasteiger partial charge in [0.25, 0.3) is 17.7 Å². The normalized spacial score (nSPS) is 12.0. The van der Waals surface area contributed by atoms with E-state index in [0.717, 1.165) is 89.2 Å². The molecule has 0 spiro atoms. The van der Waals surface area contributed by atoms with E-state index in [1.54, 1.807) is 5.43 Å². The summed E-state index contributed by atoms with van der Waals surface area (Å²) >= 11 is 18.1. The Morgan fingerprint density at radius 2 is 0.724 bits per heavy atom. The third-order valence-electron chi connectivity index (χ3n) is 15.2. The quantitative estimate of drug-likeness (QED) is 0.0220. The number of nitrogens with zero attached hydrogens (tertiary/aromatic N) is 11. The van der Waals surface area contributed by atoms with Crippen molar-refractivity contribution in [1.29, 1.82) is 0 Å². The molecule has 123 heavy (non-hydrogen) atoms. The predicted octanol–water partition coefficient (Wildman–Crippen LogP) is 18.6. The van der Waals surface area contributed by atoms with Crippen LogP contribution in [-0.2, 0) is 43.8 Å². The highest BCUT2D eigenvalue weighted by Gasteiger charge is 2.50. The van der Waals surface area contributed by atoms with Crippen LogP contribution in [0.25, 0.3) is 96.3 Å². The fourth-order valence-electron chi connectivity index (χ4n) is 10.2. The molecule has 6 aromatic carbocycles. The number of carbonyl (C=O) groups excluding carboxylic acids is 5. The van der Waals surface area contributed by atoms with Gasteiger partial charge in [0, 0.05) is 18.6 Å². The maximum Gasteiger partial charge on any atom is 0.491 e. The van der Waals surface area contributed by atoms with Crippen molar-refractivity contribution in [3.8, 4) is 96.3 Å². The molecule has 5 N–H and O–H groups in total. The van der Waals surface area contributed by atoms with Gasteiger partial charge in [-0.3, -0.25) is 30.7 Å². The molecule has 13 aromatic rings. The monoisotopic (exact) mass is 1830 g/mol. The number of hydrogen-bond donors (Lipinski definition) is 4. The summed E-state index contributed by atoms with van der Waals surface area (Å²) < 4.78 is 379. The number of carbonyl (C=O) groups is 5. The Hall–Kier alpha value is -13.8. The van der Waals surface area contributed by atoms with E-state index in [4.69, 9.17) is 54.2 Å². The van der Waals surface area contributed by atoms with Crippen molar-refractivity contribution in [2.45, 2.75) is 43.2 Å². The van der Waals surface area contributed by atoms with Crippen LogP contribution in [0, 0.1) is 34.9 Å². The summed E-state index contributed by atoms with van der Waals surface area (Å²) in [4.78, 5) is 55.9. The van der Waals surface area contributed by atoms with Gasteiger partial charge in [0.2, 0.25) is 0 Å². The van der Waals surface area contributed by atoms with Gasteiger partial charge in [0.15, 0.2) is 34.4 Å². The standard InChI is InChI=1S/C22H10ClF8N5O3.C22H8ClF8N5O2.C20H11ClF5N5O2.C4F6O3/c23-12-5-2-6-13(25)14(12)16-15(19(37)32-33-20(38)22(29,30)31)17(39-35-16)11-8-36(34-18(11)21(26,27)28)10-4-1-3-9(24)7-10;23-12-5-2-6-13(25)14(12)16-15(19-32-33-20(37-19)22(29,30)31)17(38-35-16)11-8-36(34-18(11)21(26,27)28)10-4-1-3-9(24)7-10;21-12-5-2-6-13(23)14(12)16-15(19(32)28-27)17(33-30-16)11-8-31(29-18(11)20(24,25)26)10-4-1-3-9(22)7-10;5-3(6,7)1(11)13-2(12)4(8,9)10/h1-8H,(H,32,37)(H,33,38);1-8H;1-8H,27H2,(H,28,32);. The highest BCUT2D eigenvalue weighted by molar-refractivity contribution is 6.34. The number of amides is 3. The molecule has 0 aliphatic heterocycles. The summed E-state index contributed by atoms with van der Waals surface area (Å²) in [7, 11) is 0. The molecule has 0 radical (unpaired) electrons. The molecule has 13 rings (SSSR count). The summed E-state index contributed by atoms with van der Waals surface area (Å²) in [5.74, 6) is -17.4. The zero-order chi connectivity index (χ0) is 90.9. The van der Waals surface area contributed by atoms with Gasteiger partial charge in [-0.05, 0) is 91.0 Å². The van der Waals surface area contributed by atoms with Gasteiger partial charge < -0.3 is 22.7 Å². The van der Waals surface area contributed by atoms with Crippen LogP contribution in [0.4, 0.5) is 119 Å². The molecular formula is C68H29Cl3F27N15O10. The SMILES string of the molecule is Fc1cccc(-n2cc(-c3onc(-c4c(F)cccc4Cl)c3-c3nnc(C(F)(F)F)o3)c(C(F)(F)F)n2)c1.NNC(=O)c1c(-c2c(F)cccc2Cl)noc1-c1cn(-c2cccc(F)c2)nc1C(F)(F)F.O=C(NNC(=O)C(F)(F)F)c1c(-c2c(F)cccc2Cl)noc1-c1cn(-c2cccc(F)c2)nc1C(F)(F)F.O=C(OC(=O)C(F)(F)F)C(F)(F)F. The highest BCUT2D eigenvalue weighted by Crippen LogP contribution is 2.49. The van der Waals surface area contributed by atoms with E-state index < -0.39 is 221 Å². The highest BCUT2D eigenvalue weighted by atomic mass is 35.5. The maximum atomic E-state index is 14.7. The van der Waals surface area contributed by atoms with Gasteiger partial charge in [-0.15, -0.1) is 10.2 Å². The molecule has 0 unspecified atom stereocenters. The minimum atomic E-state index is -5.62. The number of rotatable bonds is 12. The van der Waals surface area contributed by atoms with Crippen molar-refractivity contribution in [3.63, 3.8) is 0 Å². The van der Waals surface area contributed by atoms with E-state index in [9.17, 15) is 143 Å². The first-order valence-electron chi connectivity index (χ1n) is 31.8. The van der Waals surface area contributed by atoms with Crippen molar-refractivity contribution in [2.24, 2.45) is 5.84 Å². The number of nitrogens with one attached hydrogen (secondary N) is 3. The second kappa shape index (κ2) is 35.1. The summed E-state index contributed by atoms with van der Waals surface area (Å²) in [6.45, 7) is 0. The molecule has 0 saturated carbocycles. The van der Waals surface area contributed by atoms with Crippen LogP contribution in [0.2, 0.25) is 15.1 Å². The third kappa shape index (κ3) is 20.6. The third-order valence-corrected chi connectivity index (χ3v) is 16.2. The van der Waals surface area contributed by atoms with Crippen LogP contribution >= 0.6 is 34.8 Å². The number of ether oxygens (including phenoxy) is 1. The maximum absolute atomic E-state index is 14.7. The van der Waals surface area contributed by atoms with Gasteiger partial charge in [0.1, 0.15) is 68.7 Å². The number of nitrogen functional groups attached to an aromatic ring is 1. The van der Waals surface area contributed by atoms with E-state index >= 15 is 0 Å². The number of aromatic nitrogens is 11. The molecule has 0 aliphatic carbocycles. The second-order valence-electron chi connectivity index (χ2n) is 23.4. The average Bonchev–Trinajstić information content (AvgIpc) is 1.60. The molecule has 55 heteroatoms. The summed E-state index contributed by atoms with van der Waals surface area (Å²) in [5, 5.41) is 26.2. The largest absolute Gasteiger partial charge is 0.491 e. The molecule has 0 bridgehead atoms. The predicted molar refractivity (Wildman–Crippen MR) is 358 cm³/mol. The Morgan fingerprint density at radius 1 is 0.390 bits per heavy atom. The number of halogens is 30. The first-order valence-corrected chi connectivity index (χ1v) is 32.9. The van der Waals surface area contributed by atoms with Crippen molar-refractivity contribution in [1.82, 2.24) is 71.3 Å². The first-order chi connectivity index (χ1) is 57.2. The topological polar surface area (TPSA) is 327 Å². The summed E-state index contributed by atoms with van der Waals surface area (Å²) in [5.41, 5.74) is -9.23. The fourth-order valence-corrected chi connectivity index (χ4v) is 10.9. The van der Waals surface area contributed by atoms with E-state index in [0.29, 0.717) is 15.6 Å². The first kappa shape index (κ1) is 91.5. The van der Waals surface area contributed by atoms with Crippen LogP contribution < -0.4 is 22.1 Å². The Kier molecular flexibility index (Phi) is 26.1. The van der Waals surface area contributed by atoms with Crippen LogP contribution in [0.15, 0.2) is 164 Å². The van der Waals surface area contributed by atoms with Gasteiger partial charge in [-0.25, -0.2) is 55.8 Å². The van der Waals surface area contributed by atoms with E-state index in [2.05, 4.69) is 50.1 Å². The molecule has 0 aliphatic rings. The number of benzene rings is 6. The molecule has 25 nitrogen and oxygen atoms in total. The van der Waals surface area contributed by atoms with Crippen molar-refractivity contribution in [2.75, 3.05) is 0 Å². The van der Waals surface area contributed by atoms with Crippen molar-refractivity contribution >= 4 is 64.5 Å². The molecule has 7 heterocycles. The second-order valence-corrected chi connectivity index (χ2v) is 24.6. The molecule has 0 saturated heterocycles. The molecule has 646 valence electrons. The van der Waals surface area contributed by atoms with E-state index in [-0.39, 0.29) is 32.7 Å². The Bertz CT molecular complexity index is 6090. The minimum absolute atomic E-state index is 0.0338. The summed E-state index contributed by atoms with van der Waals surface area (Å²) in [6, 6.07) is 23.3. The van der Waals surface area contributed by atoms with Gasteiger partial charge in [-0.1, -0.05) is 86.7 Å².